The second-order valence-electron chi connectivity index (χ2n) is 7.83. The number of fused-ring (bicyclic) bond motifs is 3. The molecular weight excluding hydrogens is 294 g/mol. The van der Waals surface area contributed by atoms with Crippen molar-refractivity contribution in [3.8, 4) is 11.3 Å². The Morgan fingerprint density at radius 1 is 1.08 bits per heavy atom. The molecule has 0 saturated heterocycles. The van der Waals surface area contributed by atoms with Gasteiger partial charge in [-0.2, -0.15) is 0 Å². The van der Waals surface area contributed by atoms with E-state index in [-0.39, 0.29) is 0 Å². The minimum absolute atomic E-state index is 0.407. The maximum absolute atomic E-state index is 6.04. The molecule has 3 fully saturated rings. The highest BCUT2D eigenvalue weighted by molar-refractivity contribution is 5.66. The molecule has 1 aromatic carbocycles. The molecule has 1 atom stereocenters. The molecule has 0 spiro atoms. The van der Waals surface area contributed by atoms with Crippen molar-refractivity contribution < 1.29 is 0 Å². The molecule has 126 valence electrons. The molecule has 0 aliphatic heterocycles. The highest BCUT2D eigenvalue weighted by Gasteiger charge is 2.35. The molecule has 3 aliphatic rings. The topological polar surface area (TPSA) is 51.8 Å². The summed E-state index contributed by atoms with van der Waals surface area (Å²) in [5.74, 6) is 3.05. The zero-order valence-electron chi connectivity index (χ0n) is 14.8. The standard InChI is InChI=1S/C21H27N3/c1-13-4-3-5-19(14(13)2)20-12-18(23-21(22)24-20)11-17-10-15-6-8-16(17)9-7-15/h3-5,12,15-17H,6-11H2,1-2H3,(H2,22,23,24). The third-order valence-electron chi connectivity index (χ3n) is 6.34. The highest BCUT2D eigenvalue weighted by Crippen LogP contribution is 2.46. The number of nitrogens with two attached hydrogens (primary N) is 1. The predicted molar refractivity (Wildman–Crippen MR) is 98.6 cm³/mol. The zero-order chi connectivity index (χ0) is 16.7. The smallest absolute Gasteiger partial charge is 0.220 e. The maximum atomic E-state index is 6.04. The van der Waals surface area contributed by atoms with Crippen molar-refractivity contribution >= 4 is 5.95 Å². The fourth-order valence-electron chi connectivity index (χ4n) is 4.82. The van der Waals surface area contributed by atoms with Crippen LogP contribution in [0.3, 0.4) is 0 Å². The van der Waals surface area contributed by atoms with Crippen molar-refractivity contribution in [2.75, 3.05) is 5.73 Å². The van der Waals surface area contributed by atoms with Crippen LogP contribution in [-0.4, -0.2) is 9.97 Å². The van der Waals surface area contributed by atoms with Crippen LogP contribution in [0.4, 0.5) is 5.95 Å². The Morgan fingerprint density at radius 2 is 1.88 bits per heavy atom. The Labute approximate surface area is 144 Å². The van der Waals surface area contributed by atoms with Crippen molar-refractivity contribution in [2.45, 2.75) is 52.4 Å². The molecule has 2 N–H and O–H groups in total. The van der Waals surface area contributed by atoms with Crippen LogP contribution >= 0.6 is 0 Å². The Kier molecular flexibility index (Phi) is 4.03. The summed E-state index contributed by atoms with van der Waals surface area (Å²) in [6.45, 7) is 4.30. The minimum atomic E-state index is 0.407. The van der Waals surface area contributed by atoms with Crippen LogP contribution in [0.1, 0.15) is 48.9 Å². The lowest BCUT2D eigenvalue weighted by Gasteiger charge is -2.42. The Bertz CT molecular complexity index is 745. The van der Waals surface area contributed by atoms with Crippen LogP contribution in [0.2, 0.25) is 0 Å². The van der Waals surface area contributed by atoms with Gasteiger partial charge in [0.15, 0.2) is 0 Å². The fraction of sp³-hybridized carbons (Fsp3) is 0.524. The first kappa shape index (κ1) is 15.6. The first-order valence-corrected chi connectivity index (χ1v) is 9.30. The van der Waals surface area contributed by atoms with Gasteiger partial charge in [-0.15, -0.1) is 0 Å². The van der Waals surface area contributed by atoms with Gasteiger partial charge in [0.25, 0.3) is 0 Å². The number of benzene rings is 1. The first-order chi connectivity index (χ1) is 11.6. The molecule has 1 aromatic heterocycles. The molecule has 1 unspecified atom stereocenters. The molecule has 0 radical (unpaired) electrons. The normalized spacial score (nSPS) is 25.8. The number of nitrogen functional groups attached to an aromatic ring is 1. The van der Waals surface area contributed by atoms with Gasteiger partial charge in [-0.3, -0.25) is 0 Å². The predicted octanol–water partition coefficient (Wildman–Crippen LogP) is 4.71. The van der Waals surface area contributed by atoms with E-state index in [0.29, 0.717) is 5.95 Å². The number of hydrogen-bond acceptors (Lipinski definition) is 3. The molecule has 2 aromatic rings. The molecule has 2 bridgehead atoms. The van der Waals surface area contributed by atoms with Gasteiger partial charge < -0.3 is 5.73 Å². The van der Waals surface area contributed by atoms with Gasteiger partial charge in [0.2, 0.25) is 5.95 Å². The summed E-state index contributed by atoms with van der Waals surface area (Å²) in [6, 6.07) is 8.54. The summed E-state index contributed by atoms with van der Waals surface area (Å²) in [5, 5.41) is 0. The maximum Gasteiger partial charge on any atom is 0.220 e. The lowest BCUT2D eigenvalue weighted by molar-refractivity contribution is 0.0985. The molecule has 1 heterocycles. The number of aromatic nitrogens is 2. The molecule has 5 rings (SSSR count). The molecule has 3 heteroatoms. The fourth-order valence-corrected chi connectivity index (χ4v) is 4.82. The Balaban J connectivity index is 1.63. The summed E-state index contributed by atoms with van der Waals surface area (Å²) in [7, 11) is 0. The van der Waals surface area contributed by atoms with E-state index >= 15 is 0 Å². The number of anilines is 1. The van der Waals surface area contributed by atoms with Gasteiger partial charge in [-0.25, -0.2) is 9.97 Å². The van der Waals surface area contributed by atoms with E-state index in [2.05, 4.69) is 48.1 Å². The van der Waals surface area contributed by atoms with E-state index in [1.165, 1.54) is 48.8 Å². The largest absolute Gasteiger partial charge is 0.368 e. The lowest BCUT2D eigenvalue weighted by Crippen LogP contribution is -2.32. The van der Waals surface area contributed by atoms with E-state index in [4.69, 9.17) is 5.73 Å². The first-order valence-electron chi connectivity index (χ1n) is 9.30. The van der Waals surface area contributed by atoms with Crippen molar-refractivity contribution in [1.82, 2.24) is 9.97 Å². The molecule has 0 amide bonds. The van der Waals surface area contributed by atoms with Gasteiger partial charge in [-0.1, -0.05) is 31.0 Å². The Hall–Kier alpha value is -1.90. The highest BCUT2D eigenvalue weighted by atomic mass is 15.0. The van der Waals surface area contributed by atoms with E-state index in [9.17, 15) is 0 Å². The van der Waals surface area contributed by atoms with Crippen molar-refractivity contribution in [3.63, 3.8) is 0 Å². The van der Waals surface area contributed by atoms with E-state index in [1.807, 2.05) is 0 Å². The van der Waals surface area contributed by atoms with Crippen molar-refractivity contribution in [1.29, 1.82) is 0 Å². The van der Waals surface area contributed by atoms with Crippen LogP contribution in [0.15, 0.2) is 24.3 Å². The van der Waals surface area contributed by atoms with Gasteiger partial charge >= 0.3 is 0 Å². The quantitative estimate of drug-likeness (QED) is 0.890. The summed E-state index contributed by atoms with van der Waals surface area (Å²) in [4.78, 5) is 9.07. The number of nitrogens with zero attached hydrogens (tertiary/aromatic N) is 2. The number of hydrogen-bond donors (Lipinski definition) is 1. The van der Waals surface area contributed by atoms with Crippen LogP contribution in [0.5, 0.6) is 0 Å². The second-order valence-corrected chi connectivity index (χ2v) is 7.83. The van der Waals surface area contributed by atoms with Crippen LogP contribution in [0, 0.1) is 31.6 Å². The molecule has 3 aliphatic carbocycles. The lowest BCUT2D eigenvalue weighted by atomic mass is 9.63. The molecule has 3 nitrogen and oxygen atoms in total. The summed E-state index contributed by atoms with van der Waals surface area (Å²) >= 11 is 0. The summed E-state index contributed by atoms with van der Waals surface area (Å²) in [5.41, 5.74) is 11.9. The summed E-state index contributed by atoms with van der Waals surface area (Å²) < 4.78 is 0. The van der Waals surface area contributed by atoms with Crippen molar-refractivity contribution in [3.05, 3.63) is 41.1 Å². The van der Waals surface area contributed by atoms with Crippen LogP contribution < -0.4 is 5.73 Å². The monoisotopic (exact) mass is 321 g/mol. The molecule has 24 heavy (non-hydrogen) atoms. The summed E-state index contributed by atoms with van der Waals surface area (Å²) in [6.07, 6.45) is 8.17. The van der Waals surface area contributed by atoms with Crippen molar-refractivity contribution in [2.24, 2.45) is 17.8 Å². The van der Waals surface area contributed by atoms with Gasteiger partial charge in [0, 0.05) is 11.3 Å². The van der Waals surface area contributed by atoms with Crippen LogP contribution in [0.25, 0.3) is 11.3 Å². The van der Waals surface area contributed by atoms with E-state index in [1.54, 1.807) is 0 Å². The van der Waals surface area contributed by atoms with E-state index < -0.39 is 0 Å². The molecular formula is C21H27N3. The van der Waals surface area contributed by atoms with Crippen LogP contribution in [-0.2, 0) is 6.42 Å². The van der Waals surface area contributed by atoms with E-state index in [0.717, 1.165) is 35.6 Å². The average Bonchev–Trinajstić information content (AvgIpc) is 2.58. The average molecular weight is 321 g/mol. The number of rotatable bonds is 3. The van der Waals surface area contributed by atoms with Gasteiger partial charge in [-0.05, 0) is 74.5 Å². The SMILES string of the molecule is Cc1cccc(-c2cc(CC3CC4CCC3CC4)nc(N)n2)c1C. The second kappa shape index (κ2) is 6.19. The van der Waals surface area contributed by atoms with Gasteiger partial charge in [0.1, 0.15) is 0 Å². The number of aryl methyl sites for hydroxylation is 1. The zero-order valence-corrected chi connectivity index (χ0v) is 14.8. The Morgan fingerprint density at radius 3 is 2.58 bits per heavy atom. The molecule has 3 saturated carbocycles. The third kappa shape index (κ3) is 2.92. The van der Waals surface area contributed by atoms with Gasteiger partial charge in [0.05, 0.1) is 5.69 Å². The minimum Gasteiger partial charge on any atom is -0.368 e. The third-order valence-corrected chi connectivity index (χ3v) is 6.34.